The third-order valence-electron chi connectivity index (χ3n) is 7.48. The summed E-state index contributed by atoms with van der Waals surface area (Å²) in [7, 11) is 0. The van der Waals surface area contributed by atoms with E-state index in [1.54, 1.807) is 12.1 Å². The molecule has 4 saturated carbocycles. The summed E-state index contributed by atoms with van der Waals surface area (Å²) in [6, 6.07) is 5.15. The number of quaternary nitrogens is 1. The van der Waals surface area contributed by atoms with Crippen LogP contribution in [-0.2, 0) is 11.2 Å². The number of hydrogen-bond acceptors (Lipinski definition) is 3. The molecule has 1 amide bonds. The molecule has 6 rings (SSSR count). The highest BCUT2D eigenvalue weighted by molar-refractivity contribution is 5.78. The Labute approximate surface area is 141 Å². The molecule has 1 aliphatic heterocycles. The second-order valence-corrected chi connectivity index (χ2v) is 8.66. The first-order valence-electron chi connectivity index (χ1n) is 9.17. The lowest BCUT2D eigenvalue weighted by atomic mass is 9.52. The molecule has 4 aliphatic carbocycles. The van der Waals surface area contributed by atoms with E-state index in [9.17, 15) is 14.9 Å². The van der Waals surface area contributed by atoms with Crippen LogP contribution in [0.5, 0.6) is 0 Å². The van der Waals surface area contributed by atoms with Gasteiger partial charge in [-0.05, 0) is 43.1 Å². The van der Waals surface area contributed by atoms with Crippen LogP contribution in [0, 0.1) is 27.9 Å². The van der Waals surface area contributed by atoms with Gasteiger partial charge < -0.3 is 0 Å². The minimum atomic E-state index is -0.336. The van der Waals surface area contributed by atoms with Crippen LogP contribution in [0.2, 0.25) is 0 Å². The lowest BCUT2D eigenvalue weighted by molar-refractivity contribution is -0.384. The number of hydrogen-bond donors (Lipinski definition) is 0. The number of carbonyl (C=O) groups excluding carboxylic acids is 1. The van der Waals surface area contributed by atoms with Crippen molar-refractivity contribution in [3.63, 3.8) is 0 Å². The smallest absolute Gasteiger partial charge is 0.258 e. The Morgan fingerprint density at radius 1 is 1.12 bits per heavy atom. The molecular formula is C19H23N2O3+. The Balaban J connectivity index is 1.66. The maximum Gasteiger partial charge on any atom is 0.307 e. The van der Waals surface area contributed by atoms with Crippen LogP contribution in [0.3, 0.4) is 0 Å². The number of rotatable bonds is 3. The maximum atomic E-state index is 12.5. The summed E-state index contributed by atoms with van der Waals surface area (Å²) in [4.78, 5) is 23.4. The average molecular weight is 327 g/mol. The number of carbonyl (C=O) groups is 1. The van der Waals surface area contributed by atoms with Crippen LogP contribution in [0.1, 0.15) is 44.1 Å². The van der Waals surface area contributed by atoms with Gasteiger partial charge in [-0.25, -0.2) is 9.28 Å². The molecule has 4 fully saturated rings. The zero-order valence-electron chi connectivity index (χ0n) is 13.8. The van der Waals surface area contributed by atoms with Crippen molar-refractivity contribution >= 4 is 17.8 Å². The summed E-state index contributed by atoms with van der Waals surface area (Å²) in [5.41, 5.74) is 2.16. The Morgan fingerprint density at radius 3 is 2.29 bits per heavy atom. The largest absolute Gasteiger partial charge is 0.307 e. The average Bonchev–Trinajstić information content (AvgIpc) is 2.93. The van der Waals surface area contributed by atoms with Crippen molar-refractivity contribution in [2.45, 2.75) is 50.5 Å². The van der Waals surface area contributed by atoms with Gasteiger partial charge in [-0.1, -0.05) is 0 Å². The van der Waals surface area contributed by atoms with Crippen molar-refractivity contribution in [3.05, 3.63) is 33.9 Å². The zero-order chi connectivity index (χ0) is 16.5. The lowest BCUT2D eigenvalue weighted by Gasteiger charge is -2.60. The van der Waals surface area contributed by atoms with Crippen LogP contribution in [0.4, 0.5) is 11.4 Å². The third kappa shape index (κ3) is 1.71. The van der Waals surface area contributed by atoms with Crippen LogP contribution < -0.4 is 4.48 Å². The summed E-state index contributed by atoms with van der Waals surface area (Å²) in [6.45, 7) is 0.784. The molecule has 1 atom stereocenters. The normalized spacial score (nSPS) is 42.1. The van der Waals surface area contributed by atoms with Gasteiger partial charge in [0, 0.05) is 37.3 Å². The first-order chi connectivity index (χ1) is 11.6. The fraction of sp³-hybridized carbons (Fsp3) is 0.632. The molecule has 5 heteroatoms. The highest BCUT2D eigenvalue weighted by Gasteiger charge is 2.64. The quantitative estimate of drug-likeness (QED) is 0.369. The molecule has 1 aromatic carbocycles. The lowest BCUT2D eigenvalue weighted by Crippen LogP contribution is -2.70. The van der Waals surface area contributed by atoms with Crippen molar-refractivity contribution in [2.75, 3.05) is 6.54 Å². The van der Waals surface area contributed by atoms with Gasteiger partial charge in [0.1, 0.15) is 5.54 Å². The van der Waals surface area contributed by atoms with Crippen LogP contribution >= 0.6 is 0 Å². The Kier molecular flexibility index (Phi) is 2.83. The first kappa shape index (κ1) is 14.6. The number of nitro groups is 1. The zero-order valence-corrected chi connectivity index (χ0v) is 13.8. The summed E-state index contributed by atoms with van der Waals surface area (Å²) < 4.78 is 0.355. The number of nitro benzene ring substituents is 1. The van der Waals surface area contributed by atoms with Gasteiger partial charge in [0.2, 0.25) is 0 Å². The number of amides is 1. The molecule has 0 N–H and O–H groups in total. The number of non-ortho nitro benzene ring substituents is 1. The third-order valence-corrected chi connectivity index (χ3v) is 7.48. The fourth-order valence-corrected chi connectivity index (χ4v) is 6.93. The molecule has 0 spiro atoms. The van der Waals surface area contributed by atoms with E-state index in [1.165, 1.54) is 19.3 Å². The molecule has 1 heterocycles. The van der Waals surface area contributed by atoms with E-state index in [-0.39, 0.29) is 16.1 Å². The molecule has 5 aliphatic rings. The van der Waals surface area contributed by atoms with Gasteiger partial charge in [0.05, 0.1) is 17.5 Å². The van der Waals surface area contributed by atoms with Crippen LogP contribution in [0.15, 0.2) is 18.2 Å². The van der Waals surface area contributed by atoms with Crippen LogP contribution in [0.25, 0.3) is 0 Å². The van der Waals surface area contributed by atoms with E-state index >= 15 is 0 Å². The minimum absolute atomic E-state index is 0.00300. The Bertz CT molecular complexity index is 709. The van der Waals surface area contributed by atoms with Gasteiger partial charge in [0.15, 0.2) is 5.69 Å². The standard InChI is InChI=1S/C19H23N2O3/c22-12-21(4-3-16-1-2-17(20(23)24)8-18(16)21)19-9-13-5-14(10-19)7-15(6-13)11-19/h1-2,8,12-15H,3-7,9-11H2/q+1. The molecule has 0 saturated heterocycles. The summed E-state index contributed by atoms with van der Waals surface area (Å²) in [5, 5.41) is 11.3. The van der Waals surface area contributed by atoms with Crippen molar-refractivity contribution in [1.29, 1.82) is 0 Å². The highest BCUT2D eigenvalue weighted by atomic mass is 16.6. The van der Waals surface area contributed by atoms with E-state index in [1.807, 2.05) is 6.07 Å². The number of nitrogens with zero attached hydrogens (tertiary/aromatic N) is 2. The maximum absolute atomic E-state index is 12.5. The Morgan fingerprint density at radius 2 is 1.75 bits per heavy atom. The SMILES string of the molecule is O=C[N+]1(C23CC4CC(CC(C4)C2)C3)CCc2ccc([N+](=O)[O-])cc21. The predicted octanol–water partition coefficient (Wildman–Crippen LogP) is 3.58. The van der Waals surface area contributed by atoms with E-state index < -0.39 is 0 Å². The van der Waals surface area contributed by atoms with Gasteiger partial charge in [-0.2, -0.15) is 0 Å². The van der Waals surface area contributed by atoms with Gasteiger partial charge in [-0.15, -0.1) is 0 Å². The second-order valence-electron chi connectivity index (χ2n) is 8.66. The topological polar surface area (TPSA) is 60.2 Å². The van der Waals surface area contributed by atoms with Gasteiger partial charge in [0.25, 0.3) is 5.69 Å². The monoisotopic (exact) mass is 327 g/mol. The van der Waals surface area contributed by atoms with E-state index in [0.717, 1.165) is 67.6 Å². The van der Waals surface area contributed by atoms with Crippen LogP contribution in [-0.4, -0.2) is 23.4 Å². The number of fused-ring (bicyclic) bond motifs is 1. The molecule has 4 bridgehead atoms. The molecule has 126 valence electrons. The second kappa shape index (κ2) is 4.66. The minimum Gasteiger partial charge on any atom is -0.258 e. The summed E-state index contributed by atoms with van der Waals surface area (Å²) in [5.74, 6) is 2.27. The molecular weight excluding hydrogens is 304 g/mol. The first-order valence-corrected chi connectivity index (χ1v) is 9.17. The predicted molar refractivity (Wildman–Crippen MR) is 90.4 cm³/mol. The van der Waals surface area contributed by atoms with Crippen molar-refractivity contribution in [1.82, 2.24) is 4.48 Å². The molecule has 24 heavy (non-hydrogen) atoms. The summed E-state index contributed by atoms with van der Waals surface area (Å²) >= 11 is 0. The summed E-state index contributed by atoms with van der Waals surface area (Å²) in [6.07, 6.45) is 9.36. The fourth-order valence-electron chi connectivity index (χ4n) is 6.93. The molecule has 1 unspecified atom stereocenters. The molecule has 0 aromatic heterocycles. The Hall–Kier alpha value is -1.75. The van der Waals surface area contributed by atoms with Crippen molar-refractivity contribution in [3.8, 4) is 0 Å². The van der Waals surface area contributed by atoms with Gasteiger partial charge >= 0.3 is 6.41 Å². The van der Waals surface area contributed by atoms with Crippen molar-refractivity contribution < 1.29 is 9.72 Å². The van der Waals surface area contributed by atoms with Gasteiger partial charge in [-0.3, -0.25) is 10.1 Å². The van der Waals surface area contributed by atoms with Crippen molar-refractivity contribution in [2.24, 2.45) is 17.8 Å². The molecule has 1 aromatic rings. The van der Waals surface area contributed by atoms with E-state index in [0.29, 0.717) is 4.48 Å². The molecule has 0 radical (unpaired) electrons. The van der Waals surface area contributed by atoms with E-state index in [2.05, 4.69) is 0 Å². The number of benzene rings is 1. The molecule has 5 nitrogen and oxygen atoms in total. The van der Waals surface area contributed by atoms with E-state index in [4.69, 9.17) is 0 Å². The highest BCUT2D eigenvalue weighted by Crippen LogP contribution is 2.61.